The van der Waals surface area contributed by atoms with E-state index in [2.05, 4.69) is 90.3 Å². The van der Waals surface area contributed by atoms with Crippen molar-refractivity contribution in [2.24, 2.45) is 0 Å². The lowest BCUT2D eigenvalue weighted by Gasteiger charge is -2.32. The van der Waals surface area contributed by atoms with Gasteiger partial charge < -0.3 is 14.4 Å². The van der Waals surface area contributed by atoms with Crippen molar-refractivity contribution in [3.05, 3.63) is 71.4 Å². The maximum atomic E-state index is 3.61. The molecule has 0 unspecified atom stereocenters. The first-order chi connectivity index (χ1) is 14.1. The molecule has 3 aromatic rings. The average Bonchev–Trinajstić information content (AvgIpc) is 3.11. The van der Waals surface area contributed by atoms with Crippen LogP contribution >= 0.6 is 8.86 Å². The molecule has 4 rings (SSSR count). The number of fused-ring (bicyclic) bond motifs is 1. The summed E-state index contributed by atoms with van der Waals surface area (Å²) >= 11 is 0. The van der Waals surface area contributed by atoms with E-state index in [1.54, 1.807) is 0 Å². The van der Waals surface area contributed by atoms with Crippen molar-refractivity contribution in [1.82, 2.24) is 19.7 Å². The van der Waals surface area contributed by atoms with Crippen LogP contribution in [0.3, 0.4) is 0 Å². The Morgan fingerprint density at radius 1 is 1.00 bits per heavy atom. The highest BCUT2D eigenvalue weighted by atomic mass is 31.0. The molecule has 1 N–H and O–H groups in total. The second kappa shape index (κ2) is 9.23. The predicted octanol–water partition coefficient (Wildman–Crippen LogP) is 3.32. The van der Waals surface area contributed by atoms with Crippen molar-refractivity contribution in [2.45, 2.75) is 13.0 Å². The molecule has 29 heavy (non-hydrogen) atoms. The molecule has 1 fully saturated rings. The number of benzene rings is 2. The van der Waals surface area contributed by atoms with Gasteiger partial charge in [0.15, 0.2) is 0 Å². The lowest BCUT2D eigenvalue weighted by atomic mass is 10.1. The number of likely N-dealkylation sites (N-methyl/N-ethyl adjacent to an activating group) is 1. The largest absolute Gasteiger partial charge is 0.343 e. The zero-order valence-electron chi connectivity index (χ0n) is 17.5. The van der Waals surface area contributed by atoms with E-state index in [9.17, 15) is 0 Å². The molecule has 2 heterocycles. The summed E-state index contributed by atoms with van der Waals surface area (Å²) in [6, 6.07) is 17.6. The Balaban J connectivity index is 1.50. The van der Waals surface area contributed by atoms with Gasteiger partial charge in [-0.1, -0.05) is 42.5 Å². The third-order valence-electron chi connectivity index (χ3n) is 6.01. The molecule has 0 aliphatic carbocycles. The third-order valence-corrected chi connectivity index (χ3v) is 6.55. The summed E-state index contributed by atoms with van der Waals surface area (Å²) in [6.07, 6.45) is 3.48. The topological polar surface area (TPSA) is 23.4 Å². The predicted molar refractivity (Wildman–Crippen MR) is 127 cm³/mol. The molecule has 1 aromatic heterocycles. The first-order valence-corrected chi connectivity index (χ1v) is 11.0. The third kappa shape index (κ3) is 4.79. The van der Waals surface area contributed by atoms with Crippen LogP contribution in [0.25, 0.3) is 10.9 Å². The molecule has 152 valence electrons. The molecule has 5 heteroatoms. The number of rotatable bonds is 7. The minimum atomic E-state index is 0.895. The van der Waals surface area contributed by atoms with E-state index in [1.807, 2.05) is 7.05 Å². The molecule has 1 saturated heterocycles. The zero-order valence-corrected chi connectivity index (χ0v) is 18.5. The van der Waals surface area contributed by atoms with Gasteiger partial charge in [-0.2, -0.15) is 0 Å². The van der Waals surface area contributed by atoms with Gasteiger partial charge in [0.05, 0.1) is 0 Å². The quantitative estimate of drug-likeness (QED) is 0.609. The molecular formula is C24H31N4P. The van der Waals surface area contributed by atoms with Gasteiger partial charge in [0, 0.05) is 61.8 Å². The summed E-state index contributed by atoms with van der Waals surface area (Å²) < 4.78 is 2.40. The average molecular weight is 407 g/mol. The van der Waals surface area contributed by atoms with Crippen LogP contribution in [0.1, 0.15) is 16.7 Å². The molecule has 1 aliphatic heterocycles. The monoisotopic (exact) mass is 406 g/mol. The van der Waals surface area contributed by atoms with Gasteiger partial charge in [0.2, 0.25) is 0 Å². The number of aromatic nitrogens is 1. The molecule has 0 radical (unpaired) electrons. The Bertz CT molecular complexity index is 968. The maximum Gasteiger partial charge on any atom is 0.0486 e. The first kappa shape index (κ1) is 20.3. The van der Waals surface area contributed by atoms with Crippen LogP contribution in [-0.4, -0.2) is 66.6 Å². The highest BCUT2D eigenvalue weighted by Crippen LogP contribution is 2.23. The fraction of sp³-hybridized carbons (Fsp3) is 0.375. The summed E-state index contributed by atoms with van der Waals surface area (Å²) in [6.45, 7) is 6.76. The SMILES string of the molecule is CNC(=P)c1ccc(Cn2cc(CCN3CCN(C)CC3)c3ccccc32)cc1. The lowest BCUT2D eigenvalue weighted by Crippen LogP contribution is -2.45. The number of nitrogens with one attached hydrogen (secondary N) is 1. The highest BCUT2D eigenvalue weighted by molar-refractivity contribution is 7.21. The second-order valence-corrected chi connectivity index (χ2v) is 8.52. The molecule has 0 amide bonds. The number of nitrogens with zero attached hydrogens (tertiary/aromatic N) is 3. The van der Waals surface area contributed by atoms with E-state index in [0.29, 0.717) is 0 Å². The fourth-order valence-electron chi connectivity index (χ4n) is 4.12. The van der Waals surface area contributed by atoms with Crippen molar-refractivity contribution in [3.63, 3.8) is 0 Å². The smallest absolute Gasteiger partial charge is 0.0486 e. The molecule has 0 bridgehead atoms. The Morgan fingerprint density at radius 2 is 1.72 bits per heavy atom. The van der Waals surface area contributed by atoms with E-state index in [-0.39, 0.29) is 0 Å². The van der Waals surface area contributed by atoms with Crippen molar-refractivity contribution < 1.29 is 0 Å². The number of para-hydroxylation sites is 1. The van der Waals surface area contributed by atoms with E-state index in [0.717, 1.165) is 30.5 Å². The summed E-state index contributed by atoms with van der Waals surface area (Å²) in [5.74, 6) is 0. The summed E-state index contributed by atoms with van der Waals surface area (Å²) in [5, 5.41) is 4.53. The van der Waals surface area contributed by atoms with Crippen molar-refractivity contribution in [2.75, 3.05) is 46.8 Å². The maximum absolute atomic E-state index is 3.61. The van der Waals surface area contributed by atoms with Crippen LogP contribution in [0, 0.1) is 0 Å². The Kier molecular flexibility index (Phi) is 6.46. The van der Waals surface area contributed by atoms with Gasteiger partial charge in [0.25, 0.3) is 0 Å². The summed E-state index contributed by atoms with van der Waals surface area (Å²) in [4.78, 5) is 5.02. The molecule has 0 spiro atoms. The normalized spacial score (nSPS) is 15.8. The molecule has 0 atom stereocenters. The van der Waals surface area contributed by atoms with Crippen LogP contribution in [0.4, 0.5) is 0 Å². The minimum absolute atomic E-state index is 0.895. The van der Waals surface area contributed by atoms with Crippen LogP contribution in [0.15, 0.2) is 54.7 Å². The number of hydrogen-bond donors (Lipinski definition) is 1. The van der Waals surface area contributed by atoms with Gasteiger partial charge in [-0.3, -0.25) is 5.32 Å². The second-order valence-electron chi connectivity index (χ2n) is 8.02. The Hall–Kier alpha value is -1.97. The van der Waals surface area contributed by atoms with Crippen LogP contribution in [0.2, 0.25) is 0 Å². The van der Waals surface area contributed by atoms with E-state index in [1.165, 1.54) is 48.2 Å². The van der Waals surface area contributed by atoms with Gasteiger partial charge in [-0.15, -0.1) is 8.86 Å². The van der Waals surface area contributed by atoms with E-state index >= 15 is 0 Å². The first-order valence-electron chi connectivity index (χ1n) is 10.5. The van der Waals surface area contributed by atoms with Gasteiger partial charge in [-0.05, 0) is 43.3 Å². The fourth-order valence-corrected chi connectivity index (χ4v) is 4.29. The van der Waals surface area contributed by atoms with Crippen molar-refractivity contribution >= 4 is 25.2 Å². The van der Waals surface area contributed by atoms with Crippen LogP contribution < -0.4 is 5.32 Å². The molecule has 2 aromatic carbocycles. The van der Waals surface area contributed by atoms with Crippen LogP contribution in [0.5, 0.6) is 0 Å². The Labute approximate surface area is 176 Å². The van der Waals surface area contributed by atoms with Crippen molar-refractivity contribution in [3.8, 4) is 0 Å². The molecule has 1 aliphatic rings. The minimum Gasteiger partial charge on any atom is -0.343 e. The summed E-state index contributed by atoms with van der Waals surface area (Å²) in [5.41, 5.74) is 6.28. The van der Waals surface area contributed by atoms with E-state index in [4.69, 9.17) is 0 Å². The van der Waals surface area contributed by atoms with Gasteiger partial charge in [-0.25, -0.2) is 0 Å². The standard InChI is InChI=1S/C24H31N4P/c1-25-24(29)20-9-7-19(8-10-20)17-28-18-21(22-5-3-4-6-23(22)28)11-12-27-15-13-26(2)14-16-27/h3-10,18,25,29H,11-17H2,1-2H3. The Morgan fingerprint density at radius 3 is 2.45 bits per heavy atom. The van der Waals surface area contributed by atoms with Crippen molar-refractivity contribution in [1.29, 1.82) is 0 Å². The lowest BCUT2D eigenvalue weighted by molar-refractivity contribution is 0.155. The van der Waals surface area contributed by atoms with Gasteiger partial charge in [0.1, 0.15) is 0 Å². The van der Waals surface area contributed by atoms with Crippen LogP contribution in [-0.2, 0) is 13.0 Å². The van der Waals surface area contributed by atoms with Gasteiger partial charge >= 0.3 is 0 Å². The molecular weight excluding hydrogens is 375 g/mol. The van der Waals surface area contributed by atoms with E-state index < -0.39 is 0 Å². The summed E-state index contributed by atoms with van der Waals surface area (Å²) in [7, 11) is 7.75. The number of hydrogen-bond acceptors (Lipinski definition) is 2. The number of piperazine rings is 1. The highest BCUT2D eigenvalue weighted by Gasteiger charge is 2.15. The zero-order chi connectivity index (χ0) is 20.2. The molecule has 0 saturated carbocycles. The molecule has 4 nitrogen and oxygen atoms in total.